The van der Waals surface area contributed by atoms with Crippen LogP contribution in [-0.4, -0.2) is 46.3 Å². The van der Waals surface area contributed by atoms with Crippen LogP contribution in [0.2, 0.25) is 5.02 Å². The summed E-state index contributed by atoms with van der Waals surface area (Å²) < 4.78 is 0. The predicted octanol–water partition coefficient (Wildman–Crippen LogP) is 1.96. The second-order valence-electron chi connectivity index (χ2n) is 5.91. The number of amides is 2. The fourth-order valence-electron chi connectivity index (χ4n) is 2.87. The number of halogens is 1. The number of nitrogens with one attached hydrogen (secondary N) is 1. The summed E-state index contributed by atoms with van der Waals surface area (Å²) in [5.41, 5.74) is -0.744. The molecule has 0 spiro atoms. The van der Waals surface area contributed by atoms with Crippen LogP contribution in [0.1, 0.15) is 48.4 Å². The van der Waals surface area contributed by atoms with E-state index in [1.165, 1.54) is 11.1 Å². The maximum Gasteiger partial charge on any atom is 0.272 e. The van der Waals surface area contributed by atoms with Crippen LogP contribution >= 0.6 is 11.6 Å². The zero-order valence-corrected chi connectivity index (χ0v) is 13.9. The van der Waals surface area contributed by atoms with Gasteiger partial charge in [0.15, 0.2) is 0 Å². The van der Waals surface area contributed by atoms with Crippen molar-refractivity contribution in [1.82, 2.24) is 20.2 Å². The molecule has 1 aromatic rings. The lowest BCUT2D eigenvalue weighted by molar-refractivity contribution is -0.136. The van der Waals surface area contributed by atoms with Gasteiger partial charge in [-0.1, -0.05) is 30.9 Å². The molecule has 0 aromatic carbocycles. The molecule has 2 amide bonds. The standard InChI is InChI=1S/C15H21ClN4O2/c1-10-17-9-11(16)12(18-10)13(21)19-15(14(22)20(2)3)7-5-4-6-8-15/h9H,4-8H2,1-3H3,(H,19,21). The minimum absolute atomic E-state index is 0.0811. The minimum atomic E-state index is -0.860. The van der Waals surface area contributed by atoms with E-state index in [4.69, 9.17) is 11.6 Å². The summed E-state index contributed by atoms with van der Waals surface area (Å²) in [6.07, 6.45) is 5.58. The highest BCUT2D eigenvalue weighted by molar-refractivity contribution is 6.33. The van der Waals surface area contributed by atoms with Gasteiger partial charge in [0, 0.05) is 14.1 Å². The molecular formula is C15H21ClN4O2. The molecule has 1 aliphatic carbocycles. The number of aromatic nitrogens is 2. The average molecular weight is 325 g/mol. The van der Waals surface area contributed by atoms with Crippen LogP contribution in [0.5, 0.6) is 0 Å². The molecule has 1 fully saturated rings. The van der Waals surface area contributed by atoms with E-state index in [1.54, 1.807) is 21.0 Å². The second-order valence-corrected chi connectivity index (χ2v) is 6.32. The first-order chi connectivity index (χ1) is 10.4. The molecule has 0 atom stereocenters. The van der Waals surface area contributed by atoms with Crippen LogP contribution in [0.4, 0.5) is 0 Å². The van der Waals surface area contributed by atoms with E-state index < -0.39 is 11.4 Å². The van der Waals surface area contributed by atoms with Gasteiger partial charge in [-0.05, 0) is 19.8 Å². The topological polar surface area (TPSA) is 75.2 Å². The monoisotopic (exact) mass is 324 g/mol. The third kappa shape index (κ3) is 3.38. The number of carbonyl (C=O) groups is 2. The third-order valence-corrected chi connectivity index (χ3v) is 4.23. The van der Waals surface area contributed by atoms with Gasteiger partial charge < -0.3 is 10.2 Å². The van der Waals surface area contributed by atoms with Crippen molar-refractivity contribution in [1.29, 1.82) is 0 Å². The van der Waals surface area contributed by atoms with Gasteiger partial charge in [0.1, 0.15) is 17.1 Å². The largest absolute Gasteiger partial charge is 0.347 e. The Bertz CT molecular complexity index is 583. The Morgan fingerprint density at radius 2 is 1.91 bits per heavy atom. The molecule has 1 saturated carbocycles. The SMILES string of the molecule is Cc1ncc(Cl)c(C(=O)NC2(C(=O)N(C)C)CCCCC2)n1. The van der Waals surface area contributed by atoms with Crippen LogP contribution in [0.15, 0.2) is 6.20 Å². The highest BCUT2D eigenvalue weighted by Crippen LogP contribution is 2.30. The zero-order chi connectivity index (χ0) is 16.3. The lowest BCUT2D eigenvalue weighted by atomic mass is 9.80. The van der Waals surface area contributed by atoms with Gasteiger partial charge in [-0.2, -0.15) is 0 Å². The van der Waals surface area contributed by atoms with Crippen LogP contribution in [0, 0.1) is 6.92 Å². The van der Waals surface area contributed by atoms with Crippen molar-refractivity contribution in [3.8, 4) is 0 Å². The normalized spacial score (nSPS) is 16.9. The highest BCUT2D eigenvalue weighted by Gasteiger charge is 2.42. The Morgan fingerprint density at radius 3 is 2.50 bits per heavy atom. The second kappa shape index (κ2) is 6.60. The number of likely N-dealkylation sites (N-methyl/N-ethyl adjacent to an activating group) is 1. The molecule has 0 aliphatic heterocycles. The van der Waals surface area contributed by atoms with Crippen LogP contribution in [0.25, 0.3) is 0 Å². The maximum atomic E-state index is 12.6. The van der Waals surface area contributed by atoms with Gasteiger partial charge in [-0.25, -0.2) is 9.97 Å². The molecule has 2 rings (SSSR count). The Balaban J connectivity index is 2.29. The molecule has 0 unspecified atom stereocenters. The van der Waals surface area contributed by atoms with Crippen molar-refractivity contribution in [2.75, 3.05) is 14.1 Å². The molecule has 0 radical (unpaired) electrons. The van der Waals surface area contributed by atoms with Crippen molar-refractivity contribution in [2.45, 2.75) is 44.6 Å². The Morgan fingerprint density at radius 1 is 1.27 bits per heavy atom. The molecule has 1 heterocycles. The van der Waals surface area contributed by atoms with Gasteiger partial charge in [-0.15, -0.1) is 0 Å². The first-order valence-corrected chi connectivity index (χ1v) is 7.77. The van der Waals surface area contributed by atoms with E-state index in [0.29, 0.717) is 18.7 Å². The van der Waals surface area contributed by atoms with E-state index in [1.807, 2.05) is 0 Å². The number of carbonyl (C=O) groups excluding carboxylic acids is 2. The number of rotatable bonds is 3. The smallest absolute Gasteiger partial charge is 0.272 e. The van der Waals surface area contributed by atoms with E-state index in [-0.39, 0.29) is 16.6 Å². The number of hydrogen-bond acceptors (Lipinski definition) is 4. The third-order valence-electron chi connectivity index (χ3n) is 3.96. The van der Waals surface area contributed by atoms with Gasteiger partial charge >= 0.3 is 0 Å². The predicted molar refractivity (Wildman–Crippen MR) is 83.8 cm³/mol. The lowest BCUT2D eigenvalue weighted by Crippen LogP contribution is -2.59. The van der Waals surface area contributed by atoms with Gasteiger partial charge in [-0.3, -0.25) is 9.59 Å². The Kier molecular flexibility index (Phi) is 5.01. The molecule has 7 heteroatoms. The van der Waals surface area contributed by atoms with Crippen molar-refractivity contribution < 1.29 is 9.59 Å². The molecule has 1 aromatic heterocycles. The summed E-state index contributed by atoms with van der Waals surface area (Å²) in [4.78, 5) is 34.7. The first-order valence-electron chi connectivity index (χ1n) is 7.39. The van der Waals surface area contributed by atoms with Gasteiger partial charge in [0.2, 0.25) is 5.91 Å². The molecular weight excluding hydrogens is 304 g/mol. The maximum absolute atomic E-state index is 12.6. The molecule has 0 saturated heterocycles. The van der Waals surface area contributed by atoms with Crippen molar-refractivity contribution >= 4 is 23.4 Å². The molecule has 6 nitrogen and oxygen atoms in total. The van der Waals surface area contributed by atoms with Gasteiger partial charge in [0.05, 0.1) is 11.2 Å². The van der Waals surface area contributed by atoms with E-state index in [9.17, 15) is 9.59 Å². The van der Waals surface area contributed by atoms with E-state index in [2.05, 4.69) is 15.3 Å². The Hall–Kier alpha value is -1.69. The molecule has 120 valence electrons. The molecule has 1 aliphatic rings. The zero-order valence-electron chi connectivity index (χ0n) is 13.1. The lowest BCUT2D eigenvalue weighted by Gasteiger charge is -2.38. The van der Waals surface area contributed by atoms with Crippen molar-refractivity contribution in [3.05, 3.63) is 22.7 Å². The van der Waals surface area contributed by atoms with Crippen LogP contribution < -0.4 is 5.32 Å². The summed E-state index contributed by atoms with van der Waals surface area (Å²) in [6, 6.07) is 0. The van der Waals surface area contributed by atoms with Crippen LogP contribution in [0.3, 0.4) is 0 Å². The average Bonchev–Trinajstić information content (AvgIpc) is 2.49. The van der Waals surface area contributed by atoms with Crippen molar-refractivity contribution in [2.24, 2.45) is 0 Å². The van der Waals surface area contributed by atoms with E-state index >= 15 is 0 Å². The number of nitrogens with zero attached hydrogens (tertiary/aromatic N) is 3. The van der Waals surface area contributed by atoms with Crippen LogP contribution in [-0.2, 0) is 4.79 Å². The highest BCUT2D eigenvalue weighted by atomic mass is 35.5. The number of aryl methyl sites for hydroxylation is 1. The summed E-state index contributed by atoms with van der Waals surface area (Å²) in [5, 5.41) is 3.08. The summed E-state index contributed by atoms with van der Waals surface area (Å²) in [5.74, 6) is -0.0405. The molecule has 0 bridgehead atoms. The molecule has 22 heavy (non-hydrogen) atoms. The minimum Gasteiger partial charge on any atom is -0.347 e. The summed E-state index contributed by atoms with van der Waals surface area (Å²) in [7, 11) is 3.40. The molecule has 1 N–H and O–H groups in total. The fraction of sp³-hybridized carbons (Fsp3) is 0.600. The van der Waals surface area contributed by atoms with Gasteiger partial charge in [0.25, 0.3) is 5.91 Å². The quantitative estimate of drug-likeness (QED) is 0.922. The number of hydrogen-bond donors (Lipinski definition) is 1. The van der Waals surface area contributed by atoms with Crippen molar-refractivity contribution in [3.63, 3.8) is 0 Å². The van der Waals surface area contributed by atoms with E-state index in [0.717, 1.165) is 19.3 Å². The first kappa shape index (κ1) is 16.7. The Labute approximate surface area is 135 Å². The summed E-state index contributed by atoms with van der Waals surface area (Å²) in [6.45, 7) is 1.69. The summed E-state index contributed by atoms with van der Waals surface area (Å²) >= 11 is 6.02. The fourth-order valence-corrected chi connectivity index (χ4v) is 3.04.